The van der Waals surface area contributed by atoms with Gasteiger partial charge in [-0.05, 0) is 48.4 Å². The second-order valence-electron chi connectivity index (χ2n) is 6.36. The summed E-state index contributed by atoms with van der Waals surface area (Å²) in [6, 6.07) is 12.9. The van der Waals surface area contributed by atoms with Crippen molar-refractivity contribution in [2.24, 2.45) is 0 Å². The van der Waals surface area contributed by atoms with Gasteiger partial charge in [-0.15, -0.1) is 0 Å². The summed E-state index contributed by atoms with van der Waals surface area (Å²) >= 11 is 5.82. The molecular weight excluding hydrogens is 382 g/mol. The van der Waals surface area contributed by atoms with E-state index in [2.05, 4.69) is 10.6 Å². The molecule has 0 aliphatic carbocycles. The van der Waals surface area contributed by atoms with Gasteiger partial charge in [0, 0.05) is 10.7 Å². The molecule has 3 rings (SSSR count). The van der Waals surface area contributed by atoms with E-state index in [1.165, 1.54) is 0 Å². The quantitative estimate of drug-likeness (QED) is 0.728. The Hall–Kier alpha value is -3.06. The van der Waals surface area contributed by atoms with E-state index in [1.807, 2.05) is 0 Å². The summed E-state index contributed by atoms with van der Waals surface area (Å²) in [5, 5.41) is 5.94. The Labute approximate surface area is 167 Å². The maximum Gasteiger partial charge on any atom is 0.325 e. The van der Waals surface area contributed by atoms with Gasteiger partial charge in [0.05, 0.1) is 7.11 Å². The first-order chi connectivity index (χ1) is 13.4. The van der Waals surface area contributed by atoms with Gasteiger partial charge in [-0.2, -0.15) is 0 Å². The number of amides is 4. The minimum absolute atomic E-state index is 0.346. The summed E-state index contributed by atoms with van der Waals surface area (Å²) in [7, 11) is 1.55. The highest BCUT2D eigenvalue weighted by atomic mass is 35.5. The lowest BCUT2D eigenvalue weighted by atomic mass is 9.87. The molecule has 2 aromatic carbocycles. The molecule has 1 atom stereocenters. The molecule has 2 aromatic rings. The lowest BCUT2D eigenvalue weighted by Gasteiger charge is -2.26. The molecule has 7 nitrogen and oxygen atoms in total. The molecule has 1 aliphatic heterocycles. The molecule has 0 aromatic heterocycles. The SMILES string of the molecule is CCC1(c2ccc(OC)cc2)NC(=O)N(CC(=O)Nc2ccc(Cl)cc2)C1=O. The summed E-state index contributed by atoms with van der Waals surface area (Å²) in [5.74, 6) is -0.296. The zero-order valence-electron chi connectivity index (χ0n) is 15.5. The minimum Gasteiger partial charge on any atom is -0.497 e. The number of carbonyl (C=O) groups is 3. The molecule has 1 saturated heterocycles. The number of benzene rings is 2. The van der Waals surface area contributed by atoms with Crippen LogP contribution in [0.4, 0.5) is 10.5 Å². The number of hydrogen-bond acceptors (Lipinski definition) is 4. The smallest absolute Gasteiger partial charge is 0.325 e. The number of halogens is 1. The normalized spacial score (nSPS) is 18.8. The van der Waals surface area contributed by atoms with E-state index in [9.17, 15) is 14.4 Å². The number of anilines is 1. The van der Waals surface area contributed by atoms with E-state index < -0.39 is 23.4 Å². The van der Waals surface area contributed by atoms with Crippen molar-refractivity contribution in [2.75, 3.05) is 19.0 Å². The second-order valence-corrected chi connectivity index (χ2v) is 6.80. The van der Waals surface area contributed by atoms with E-state index in [-0.39, 0.29) is 6.54 Å². The Morgan fingerprint density at radius 2 is 1.79 bits per heavy atom. The number of nitrogens with one attached hydrogen (secondary N) is 2. The fourth-order valence-electron chi connectivity index (χ4n) is 3.16. The van der Waals surface area contributed by atoms with Crippen molar-refractivity contribution in [3.8, 4) is 5.75 Å². The zero-order valence-corrected chi connectivity index (χ0v) is 16.2. The number of hydrogen-bond donors (Lipinski definition) is 2. The number of carbonyl (C=O) groups excluding carboxylic acids is 3. The Morgan fingerprint density at radius 3 is 2.36 bits per heavy atom. The highest BCUT2D eigenvalue weighted by Crippen LogP contribution is 2.33. The van der Waals surface area contributed by atoms with Gasteiger partial charge in [-0.1, -0.05) is 30.7 Å². The average molecular weight is 402 g/mol. The van der Waals surface area contributed by atoms with Crippen molar-refractivity contribution in [1.29, 1.82) is 0 Å². The number of imide groups is 1. The van der Waals surface area contributed by atoms with Crippen LogP contribution in [-0.2, 0) is 15.1 Å². The van der Waals surface area contributed by atoms with Crippen LogP contribution >= 0.6 is 11.6 Å². The maximum absolute atomic E-state index is 13.1. The Morgan fingerprint density at radius 1 is 1.14 bits per heavy atom. The molecule has 146 valence electrons. The standard InChI is InChI=1S/C20H20ClN3O4/c1-3-20(13-4-10-16(28-2)11-5-13)18(26)24(19(27)23-20)12-17(25)22-15-8-6-14(21)7-9-15/h4-11H,3,12H2,1-2H3,(H,22,25)(H,23,27). The summed E-state index contributed by atoms with van der Waals surface area (Å²) < 4.78 is 5.14. The number of methoxy groups -OCH3 is 1. The lowest BCUT2D eigenvalue weighted by molar-refractivity contribution is -0.134. The third-order valence-corrected chi connectivity index (χ3v) is 4.97. The van der Waals surface area contributed by atoms with Gasteiger partial charge in [0.25, 0.3) is 5.91 Å². The highest BCUT2D eigenvalue weighted by Gasteiger charge is 2.51. The van der Waals surface area contributed by atoms with E-state index >= 15 is 0 Å². The summed E-state index contributed by atoms with van der Waals surface area (Å²) in [4.78, 5) is 38.8. The van der Waals surface area contributed by atoms with Crippen LogP contribution in [0.2, 0.25) is 5.02 Å². The predicted octanol–water partition coefficient (Wildman–Crippen LogP) is 3.14. The average Bonchev–Trinajstić information content (AvgIpc) is 2.95. The largest absolute Gasteiger partial charge is 0.497 e. The Bertz CT molecular complexity index is 899. The predicted molar refractivity (Wildman–Crippen MR) is 105 cm³/mol. The van der Waals surface area contributed by atoms with Crippen LogP contribution in [0, 0.1) is 0 Å². The molecule has 0 saturated carbocycles. The molecule has 8 heteroatoms. The summed E-state index contributed by atoms with van der Waals surface area (Å²) in [6.07, 6.45) is 0.346. The topological polar surface area (TPSA) is 87.7 Å². The fraction of sp³-hybridized carbons (Fsp3) is 0.250. The van der Waals surface area contributed by atoms with Crippen molar-refractivity contribution >= 4 is 35.1 Å². The number of rotatable bonds is 6. The monoisotopic (exact) mass is 401 g/mol. The van der Waals surface area contributed by atoms with E-state index in [0.29, 0.717) is 28.4 Å². The molecular formula is C20H20ClN3O4. The van der Waals surface area contributed by atoms with Gasteiger partial charge >= 0.3 is 6.03 Å². The van der Waals surface area contributed by atoms with Crippen LogP contribution in [0.5, 0.6) is 5.75 Å². The first-order valence-electron chi connectivity index (χ1n) is 8.73. The van der Waals surface area contributed by atoms with Crippen molar-refractivity contribution in [3.63, 3.8) is 0 Å². The van der Waals surface area contributed by atoms with Gasteiger partial charge < -0.3 is 15.4 Å². The van der Waals surface area contributed by atoms with Crippen LogP contribution in [0.3, 0.4) is 0 Å². The molecule has 4 amide bonds. The van der Waals surface area contributed by atoms with E-state index in [4.69, 9.17) is 16.3 Å². The lowest BCUT2D eigenvalue weighted by Crippen LogP contribution is -2.44. The minimum atomic E-state index is -1.20. The fourth-order valence-corrected chi connectivity index (χ4v) is 3.29. The van der Waals surface area contributed by atoms with Gasteiger partial charge in [0.1, 0.15) is 17.8 Å². The molecule has 1 unspecified atom stereocenters. The Kier molecular flexibility index (Phi) is 5.56. The van der Waals surface area contributed by atoms with E-state index in [1.54, 1.807) is 62.6 Å². The van der Waals surface area contributed by atoms with Crippen LogP contribution in [0.25, 0.3) is 0 Å². The molecule has 28 heavy (non-hydrogen) atoms. The molecule has 0 bridgehead atoms. The number of ether oxygens (including phenoxy) is 1. The second kappa shape index (κ2) is 7.90. The van der Waals surface area contributed by atoms with Crippen molar-refractivity contribution in [2.45, 2.75) is 18.9 Å². The van der Waals surface area contributed by atoms with Crippen molar-refractivity contribution in [1.82, 2.24) is 10.2 Å². The zero-order chi connectivity index (χ0) is 20.3. The molecule has 1 aliphatic rings. The Balaban J connectivity index is 1.77. The molecule has 2 N–H and O–H groups in total. The third-order valence-electron chi connectivity index (χ3n) is 4.72. The van der Waals surface area contributed by atoms with E-state index in [0.717, 1.165) is 4.90 Å². The first-order valence-corrected chi connectivity index (χ1v) is 9.11. The number of urea groups is 1. The number of nitrogens with zero attached hydrogens (tertiary/aromatic N) is 1. The highest BCUT2D eigenvalue weighted by molar-refractivity contribution is 6.30. The van der Waals surface area contributed by atoms with Crippen LogP contribution in [0.1, 0.15) is 18.9 Å². The molecule has 1 heterocycles. The molecule has 1 fully saturated rings. The van der Waals surface area contributed by atoms with Crippen LogP contribution in [0.15, 0.2) is 48.5 Å². The summed E-state index contributed by atoms with van der Waals surface area (Å²) in [6.45, 7) is 1.42. The summed E-state index contributed by atoms with van der Waals surface area (Å²) in [5.41, 5.74) is -0.0442. The molecule has 0 radical (unpaired) electrons. The first kappa shape index (κ1) is 19.7. The van der Waals surface area contributed by atoms with Gasteiger partial charge in [-0.25, -0.2) is 4.79 Å². The maximum atomic E-state index is 13.1. The molecule has 0 spiro atoms. The van der Waals surface area contributed by atoms with Gasteiger partial charge in [0.15, 0.2) is 0 Å². The van der Waals surface area contributed by atoms with Crippen LogP contribution < -0.4 is 15.4 Å². The van der Waals surface area contributed by atoms with Crippen LogP contribution in [-0.4, -0.2) is 36.4 Å². The van der Waals surface area contributed by atoms with Crippen molar-refractivity contribution in [3.05, 3.63) is 59.1 Å². The van der Waals surface area contributed by atoms with Crippen molar-refractivity contribution < 1.29 is 19.1 Å². The van der Waals surface area contributed by atoms with Gasteiger partial charge in [0.2, 0.25) is 5.91 Å². The van der Waals surface area contributed by atoms with Gasteiger partial charge in [-0.3, -0.25) is 14.5 Å². The third kappa shape index (κ3) is 3.66.